The van der Waals surface area contributed by atoms with Crippen LogP contribution in [-0.2, 0) is 28.7 Å². The van der Waals surface area contributed by atoms with Crippen LogP contribution in [0.4, 0.5) is 24.5 Å². The lowest BCUT2D eigenvalue weighted by Crippen LogP contribution is -2.53. The van der Waals surface area contributed by atoms with Gasteiger partial charge in [0.15, 0.2) is 0 Å². The first kappa shape index (κ1) is 37.0. The molecule has 2 fully saturated rings. The molecule has 0 saturated heterocycles. The van der Waals surface area contributed by atoms with E-state index in [9.17, 15) is 43.2 Å². The second-order valence-corrected chi connectivity index (χ2v) is 13.6. The van der Waals surface area contributed by atoms with Gasteiger partial charge in [0.2, 0.25) is 11.8 Å². The summed E-state index contributed by atoms with van der Waals surface area (Å²) in [6, 6.07) is 12.3. The van der Waals surface area contributed by atoms with E-state index in [1.165, 1.54) is 24.1 Å². The van der Waals surface area contributed by atoms with Crippen LogP contribution < -0.4 is 15.1 Å². The first-order chi connectivity index (χ1) is 23.3. The van der Waals surface area contributed by atoms with Crippen LogP contribution in [0.15, 0.2) is 42.5 Å². The van der Waals surface area contributed by atoms with Gasteiger partial charge in [-0.25, -0.2) is 0 Å². The molecule has 14 heteroatoms. The highest BCUT2D eigenvalue weighted by molar-refractivity contribution is 6.05. The molecule has 2 aliphatic carbocycles. The van der Waals surface area contributed by atoms with Gasteiger partial charge in [0.05, 0.1) is 29.1 Å². The van der Waals surface area contributed by atoms with Crippen molar-refractivity contribution in [3.63, 3.8) is 0 Å². The number of hydrogen-bond donors (Lipinski definition) is 6. The number of fused-ring (bicyclic) bond motifs is 1. The number of carbonyl (C=O) groups is 2. The Kier molecular flexibility index (Phi) is 11.6. The van der Waals surface area contributed by atoms with Crippen molar-refractivity contribution >= 4 is 23.2 Å². The van der Waals surface area contributed by atoms with Crippen LogP contribution in [0.5, 0.6) is 0 Å². The van der Waals surface area contributed by atoms with E-state index >= 15 is 0 Å². The number of anilines is 2. The number of unbranched alkanes of at least 4 members (excludes halogenated alkanes) is 1. The predicted octanol–water partition coefficient (Wildman–Crippen LogP) is 1.95. The molecule has 2 aromatic carbocycles. The molecule has 0 aromatic heterocycles. The SMILES string of the molecule is CN(C[C@H](O)[C@@H](O)[C@H](O)[C@H](O)CO)C(=O)CCCCc1ccc(C(F)(F)F)c(CNC2(C(=O)N3CCN(C4CC4)c4ccccc43)CC2)c1. The molecule has 3 aliphatic rings. The highest BCUT2D eigenvalue weighted by Gasteiger charge is 2.53. The van der Waals surface area contributed by atoms with Gasteiger partial charge in [-0.2, -0.15) is 13.2 Å². The monoisotopic (exact) mass is 692 g/mol. The van der Waals surface area contributed by atoms with Crippen LogP contribution >= 0.6 is 0 Å². The summed E-state index contributed by atoms with van der Waals surface area (Å²) in [5, 5.41) is 51.5. The van der Waals surface area contributed by atoms with Gasteiger partial charge in [-0.15, -0.1) is 0 Å². The van der Waals surface area contributed by atoms with E-state index in [0.29, 0.717) is 50.3 Å². The summed E-state index contributed by atoms with van der Waals surface area (Å²) in [5.41, 5.74) is 0.908. The van der Waals surface area contributed by atoms with E-state index in [-0.39, 0.29) is 36.9 Å². The summed E-state index contributed by atoms with van der Waals surface area (Å²) in [6.45, 7) is -0.0169. The highest BCUT2D eigenvalue weighted by Crippen LogP contribution is 2.44. The third-order valence-corrected chi connectivity index (χ3v) is 9.85. The molecule has 0 radical (unpaired) electrons. The summed E-state index contributed by atoms with van der Waals surface area (Å²) in [7, 11) is 1.41. The van der Waals surface area contributed by atoms with Gasteiger partial charge in [-0.05, 0) is 74.3 Å². The van der Waals surface area contributed by atoms with E-state index in [4.69, 9.17) is 5.11 Å². The summed E-state index contributed by atoms with van der Waals surface area (Å²) in [5.74, 6) is -0.465. The van der Waals surface area contributed by atoms with Gasteiger partial charge >= 0.3 is 6.18 Å². The van der Waals surface area contributed by atoms with Crippen LogP contribution in [0, 0.1) is 0 Å². The zero-order chi connectivity index (χ0) is 35.5. The zero-order valence-electron chi connectivity index (χ0n) is 27.6. The number of aliphatic hydroxyl groups is 5. The topological polar surface area (TPSA) is 157 Å². The Morgan fingerprint density at radius 2 is 1.65 bits per heavy atom. The van der Waals surface area contributed by atoms with Crippen molar-refractivity contribution in [3.8, 4) is 0 Å². The first-order valence-electron chi connectivity index (χ1n) is 16.9. The molecule has 0 bridgehead atoms. The van der Waals surface area contributed by atoms with E-state index in [0.717, 1.165) is 36.8 Å². The molecule has 49 heavy (non-hydrogen) atoms. The number of nitrogens with zero attached hydrogens (tertiary/aromatic N) is 3. The summed E-state index contributed by atoms with van der Waals surface area (Å²) < 4.78 is 42.1. The van der Waals surface area contributed by atoms with Crippen LogP contribution in [0.2, 0.25) is 0 Å². The van der Waals surface area contributed by atoms with Crippen LogP contribution in [-0.4, -0.2) is 112 Å². The molecule has 2 saturated carbocycles. The summed E-state index contributed by atoms with van der Waals surface area (Å²) in [6.07, 6.45) is -6.61. The molecular weight excluding hydrogens is 645 g/mol. The van der Waals surface area contributed by atoms with Gasteiger partial charge in [0.1, 0.15) is 24.4 Å². The molecule has 0 unspecified atom stereocenters. The number of alkyl halides is 3. The predicted molar refractivity (Wildman–Crippen MR) is 176 cm³/mol. The first-order valence-corrected chi connectivity index (χ1v) is 16.9. The smallest absolute Gasteiger partial charge is 0.394 e. The fraction of sp³-hybridized carbons (Fsp3) is 0.600. The Morgan fingerprint density at radius 3 is 2.29 bits per heavy atom. The van der Waals surface area contributed by atoms with Crippen LogP contribution in [0.25, 0.3) is 0 Å². The molecule has 1 aliphatic heterocycles. The Labute approximate surface area is 283 Å². The number of hydrogen-bond acceptors (Lipinski definition) is 9. The van der Waals surface area contributed by atoms with Crippen molar-refractivity contribution in [1.82, 2.24) is 10.2 Å². The number of likely N-dealkylation sites (N-methyl/N-ethyl adjacent to an activating group) is 1. The average molecular weight is 693 g/mol. The van der Waals surface area contributed by atoms with Crippen LogP contribution in [0.3, 0.4) is 0 Å². The van der Waals surface area contributed by atoms with E-state index < -0.39 is 48.3 Å². The molecule has 1 heterocycles. The van der Waals surface area contributed by atoms with Gasteiger partial charge in [0, 0.05) is 45.7 Å². The van der Waals surface area contributed by atoms with Gasteiger partial charge in [0.25, 0.3) is 0 Å². The third-order valence-electron chi connectivity index (χ3n) is 9.85. The number of nitrogens with one attached hydrogen (secondary N) is 1. The van der Waals surface area contributed by atoms with Crippen molar-refractivity contribution in [1.29, 1.82) is 0 Å². The van der Waals surface area contributed by atoms with Crippen molar-refractivity contribution in [2.75, 3.05) is 43.1 Å². The molecule has 0 spiro atoms. The molecule has 5 rings (SSSR count). The van der Waals surface area contributed by atoms with E-state index in [2.05, 4.69) is 10.2 Å². The van der Waals surface area contributed by atoms with E-state index in [1.54, 1.807) is 4.90 Å². The summed E-state index contributed by atoms with van der Waals surface area (Å²) in [4.78, 5) is 31.7. The molecule has 4 atom stereocenters. The Hall–Kier alpha value is -3.27. The van der Waals surface area contributed by atoms with Gasteiger partial charge in [-0.3, -0.25) is 14.9 Å². The molecule has 11 nitrogen and oxygen atoms in total. The number of aryl methyl sites for hydroxylation is 1. The maximum absolute atomic E-state index is 14.0. The van der Waals surface area contributed by atoms with Crippen molar-refractivity contribution < 1.29 is 48.3 Å². The normalized spacial score (nSPS) is 19.5. The number of aliphatic hydroxyl groups excluding tert-OH is 5. The quantitative estimate of drug-likeness (QED) is 0.145. The Bertz CT molecular complexity index is 1470. The van der Waals surface area contributed by atoms with Crippen molar-refractivity contribution in [2.45, 2.75) is 100 Å². The third kappa shape index (κ3) is 8.73. The lowest BCUT2D eigenvalue weighted by atomic mass is 9.99. The lowest BCUT2D eigenvalue weighted by molar-refractivity contribution is -0.138. The average Bonchev–Trinajstić information content (AvgIpc) is 4.03. The van der Waals surface area contributed by atoms with Crippen LogP contribution in [0.1, 0.15) is 61.6 Å². The standard InChI is InChI=1S/C35H47F3N4O7/c1-40(20-28(44)31(47)32(48)29(45)21-43)30(46)9-5-2-6-22-10-13-25(35(36,37)38)23(18-22)19-39-34(14-15-34)33(49)42-17-16-41(24-11-12-24)26-7-3-4-8-27(26)42/h3-4,7-8,10,13,18,24,28-29,31-32,39,43-45,47-48H,2,5-6,9,11-12,14-17,19-21H2,1H3/t28-,29+,31+,32+/m0/s1. The van der Waals surface area contributed by atoms with Gasteiger partial charge < -0.3 is 40.2 Å². The maximum atomic E-state index is 14.0. The maximum Gasteiger partial charge on any atom is 0.416 e. The fourth-order valence-corrected chi connectivity index (χ4v) is 6.55. The number of carbonyl (C=O) groups excluding carboxylic acids is 2. The molecule has 2 amide bonds. The number of benzene rings is 2. The van der Waals surface area contributed by atoms with Crippen molar-refractivity contribution in [3.05, 3.63) is 59.2 Å². The Balaban J connectivity index is 1.16. The molecule has 6 N–H and O–H groups in total. The Morgan fingerprint density at radius 1 is 0.980 bits per heavy atom. The van der Waals surface area contributed by atoms with Crippen molar-refractivity contribution in [2.24, 2.45) is 0 Å². The zero-order valence-corrected chi connectivity index (χ0v) is 27.6. The molecule has 270 valence electrons. The minimum absolute atomic E-state index is 0.0555. The van der Waals surface area contributed by atoms with Gasteiger partial charge in [-0.1, -0.05) is 24.3 Å². The minimum atomic E-state index is -4.57. The lowest BCUT2D eigenvalue weighted by Gasteiger charge is -2.39. The highest BCUT2D eigenvalue weighted by atomic mass is 19.4. The van der Waals surface area contributed by atoms with E-state index in [1.807, 2.05) is 24.3 Å². The molecular formula is C35H47F3N4O7. The largest absolute Gasteiger partial charge is 0.416 e. The second kappa shape index (κ2) is 15.3. The number of rotatable bonds is 16. The minimum Gasteiger partial charge on any atom is -0.394 e. The second-order valence-electron chi connectivity index (χ2n) is 13.6. The fourth-order valence-electron chi connectivity index (χ4n) is 6.55. The number of para-hydroxylation sites is 2. The summed E-state index contributed by atoms with van der Waals surface area (Å²) >= 11 is 0. The number of amides is 2. The number of halogens is 3. The molecule has 2 aromatic rings.